The summed E-state index contributed by atoms with van der Waals surface area (Å²) in [6.45, 7) is 1.43. The summed E-state index contributed by atoms with van der Waals surface area (Å²) in [7, 11) is -3.75. The average Bonchev–Trinajstić information content (AvgIpc) is 3.18. The first-order valence-corrected chi connectivity index (χ1v) is 9.05. The monoisotopic (exact) mass is 347 g/mol. The zero-order valence-corrected chi connectivity index (χ0v) is 13.7. The lowest BCUT2D eigenvalue weighted by Gasteiger charge is -2.05. The van der Waals surface area contributed by atoms with Crippen molar-refractivity contribution in [2.45, 2.75) is 11.8 Å². The number of benzene rings is 1. The molecule has 0 bridgehead atoms. The highest BCUT2D eigenvalue weighted by Crippen LogP contribution is 2.25. The maximum Gasteiger partial charge on any atom is 0.263 e. The molecule has 0 saturated heterocycles. The van der Waals surface area contributed by atoms with E-state index >= 15 is 0 Å². The first-order valence-electron chi connectivity index (χ1n) is 6.69. The van der Waals surface area contributed by atoms with Crippen molar-refractivity contribution in [1.29, 1.82) is 0 Å². The van der Waals surface area contributed by atoms with Crippen molar-refractivity contribution in [2.75, 3.05) is 4.72 Å². The van der Waals surface area contributed by atoms with Crippen LogP contribution in [-0.4, -0.2) is 24.4 Å². The van der Waals surface area contributed by atoms with Crippen LogP contribution >= 0.6 is 11.3 Å². The Morgan fingerprint density at radius 3 is 2.57 bits per heavy atom. The van der Waals surface area contributed by atoms with Crippen LogP contribution in [0.2, 0.25) is 0 Å². The second-order valence-corrected chi connectivity index (χ2v) is 7.46. The van der Waals surface area contributed by atoms with Crippen molar-refractivity contribution in [2.24, 2.45) is 0 Å². The molecule has 0 saturated carbocycles. The van der Waals surface area contributed by atoms with E-state index < -0.39 is 10.0 Å². The van der Waals surface area contributed by atoms with Crippen LogP contribution in [0.15, 0.2) is 52.7 Å². The number of hydrogen-bond donors (Lipinski definition) is 2. The number of hydrogen-bond acceptors (Lipinski definition) is 5. The normalized spacial score (nSPS) is 11.3. The van der Waals surface area contributed by atoms with Crippen molar-refractivity contribution >= 4 is 33.0 Å². The fourth-order valence-corrected chi connectivity index (χ4v) is 3.68. The predicted octanol–water partition coefficient (Wildman–Crippen LogP) is 3.14. The Morgan fingerprint density at radius 1 is 1.22 bits per heavy atom. The Kier molecular flexibility index (Phi) is 4.01. The number of aromatic nitrogens is 2. The number of carbonyl (C=O) groups excluding carboxylic acids is 1. The molecule has 118 valence electrons. The van der Waals surface area contributed by atoms with E-state index in [9.17, 15) is 13.2 Å². The van der Waals surface area contributed by atoms with Crippen molar-refractivity contribution in [3.8, 4) is 10.6 Å². The molecule has 0 aliphatic carbocycles. The molecule has 0 spiro atoms. The third-order valence-corrected chi connectivity index (χ3v) is 5.45. The number of nitrogens with one attached hydrogen (secondary N) is 2. The molecular formula is C15H13N3O3S2. The van der Waals surface area contributed by atoms with Gasteiger partial charge in [0.2, 0.25) is 0 Å². The minimum atomic E-state index is -3.75. The van der Waals surface area contributed by atoms with Gasteiger partial charge < -0.3 is 0 Å². The van der Waals surface area contributed by atoms with Gasteiger partial charge in [0.25, 0.3) is 10.0 Å². The highest BCUT2D eigenvalue weighted by Gasteiger charge is 2.16. The third-order valence-electron chi connectivity index (χ3n) is 3.17. The molecule has 6 nitrogen and oxygen atoms in total. The summed E-state index contributed by atoms with van der Waals surface area (Å²) in [6.07, 6.45) is 0. The highest BCUT2D eigenvalue weighted by molar-refractivity contribution is 7.92. The number of rotatable bonds is 5. The van der Waals surface area contributed by atoms with Gasteiger partial charge in [0, 0.05) is 11.6 Å². The van der Waals surface area contributed by atoms with Crippen LogP contribution in [0, 0.1) is 0 Å². The van der Waals surface area contributed by atoms with Gasteiger partial charge in [-0.2, -0.15) is 5.10 Å². The molecule has 0 amide bonds. The molecule has 0 aliphatic rings. The molecule has 2 heterocycles. The summed E-state index contributed by atoms with van der Waals surface area (Å²) in [5.74, 6) is 0.0962. The Labute approximate surface area is 137 Å². The number of H-pyrrole nitrogens is 1. The van der Waals surface area contributed by atoms with Gasteiger partial charge in [-0.05, 0) is 30.5 Å². The molecule has 3 rings (SSSR count). The Balaban J connectivity index is 1.82. The number of Topliss-reactive ketones (excluding diaryl/α,β-unsaturated/α-hetero) is 1. The van der Waals surface area contributed by atoms with Gasteiger partial charge in [-0.3, -0.25) is 14.6 Å². The molecule has 0 unspecified atom stereocenters. The minimum absolute atomic E-state index is 0.0724. The van der Waals surface area contributed by atoms with Crippen LogP contribution in [-0.2, 0) is 10.0 Å². The molecule has 2 N–H and O–H groups in total. The van der Waals surface area contributed by atoms with Crippen LogP contribution in [0.3, 0.4) is 0 Å². The van der Waals surface area contributed by atoms with Crippen LogP contribution in [0.1, 0.15) is 17.3 Å². The summed E-state index contributed by atoms with van der Waals surface area (Å²) < 4.78 is 27.1. The van der Waals surface area contributed by atoms with E-state index in [1.807, 2.05) is 17.5 Å². The maximum absolute atomic E-state index is 12.3. The quantitative estimate of drug-likeness (QED) is 0.694. The van der Waals surface area contributed by atoms with E-state index in [1.165, 1.54) is 42.5 Å². The van der Waals surface area contributed by atoms with Crippen molar-refractivity contribution in [1.82, 2.24) is 10.2 Å². The molecular weight excluding hydrogens is 334 g/mol. The van der Waals surface area contributed by atoms with Crippen molar-refractivity contribution < 1.29 is 13.2 Å². The fourth-order valence-electron chi connectivity index (χ4n) is 2.00. The summed E-state index contributed by atoms with van der Waals surface area (Å²) >= 11 is 1.53. The summed E-state index contributed by atoms with van der Waals surface area (Å²) in [5, 5.41) is 8.69. The maximum atomic E-state index is 12.3. The van der Waals surface area contributed by atoms with Crippen molar-refractivity contribution in [3.05, 3.63) is 53.4 Å². The van der Waals surface area contributed by atoms with Gasteiger partial charge >= 0.3 is 0 Å². The third kappa shape index (κ3) is 3.33. The smallest absolute Gasteiger partial charge is 0.263 e. The number of thiophene rings is 1. The molecule has 3 aromatic rings. The number of aromatic amines is 1. The standard InChI is InChI=1S/C15H13N3O3S2/c1-10(19)11-4-6-12(7-5-11)23(20,21)18-15-9-13(16-17-15)14-3-2-8-22-14/h2-9H,1H3,(H2,16,17,18). The SMILES string of the molecule is CC(=O)c1ccc(S(=O)(=O)Nc2cc(-c3cccs3)[nH]n2)cc1. The molecule has 1 aromatic carbocycles. The Morgan fingerprint density at radius 2 is 1.96 bits per heavy atom. The van der Waals surface area contributed by atoms with Crippen molar-refractivity contribution in [3.63, 3.8) is 0 Å². The average molecular weight is 347 g/mol. The number of anilines is 1. The van der Waals surface area contributed by atoms with E-state index in [0.29, 0.717) is 5.56 Å². The predicted molar refractivity (Wildman–Crippen MR) is 89.2 cm³/mol. The summed E-state index contributed by atoms with van der Waals surface area (Å²) in [4.78, 5) is 12.3. The van der Waals surface area contributed by atoms with E-state index in [-0.39, 0.29) is 16.5 Å². The number of ketones is 1. The zero-order valence-electron chi connectivity index (χ0n) is 12.1. The van der Waals surface area contributed by atoms with Gasteiger partial charge in [-0.15, -0.1) is 11.3 Å². The van der Waals surface area contributed by atoms with E-state index in [4.69, 9.17) is 0 Å². The first-order chi connectivity index (χ1) is 11.0. The van der Waals surface area contributed by atoms with E-state index in [1.54, 1.807) is 6.07 Å². The van der Waals surface area contributed by atoms with Crippen LogP contribution < -0.4 is 4.72 Å². The summed E-state index contributed by atoms with van der Waals surface area (Å²) in [5.41, 5.74) is 1.20. The fraction of sp³-hybridized carbons (Fsp3) is 0.0667. The lowest BCUT2D eigenvalue weighted by Crippen LogP contribution is -2.13. The molecule has 0 atom stereocenters. The summed E-state index contributed by atoms with van der Waals surface area (Å²) in [6, 6.07) is 11.2. The van der Waals surface area contributed by atoms with Gasteiger partial charge in [0.15, 0.2) is 11.6 Å². The molecule has 23 heavy (non-hydrogen) atoms. The van der Waals surface area contributed by atoms with Crippen LogP contribution in [0.4, 0.5) is 5.82 Å². The molecule has 8 heteroatoms. The lowest BCUT2D eigenvalue weighted by atomic mass is 10.2. The molecule has 0 aliphatic heterocycles. The van der Waals surface area contributed by atoms with E-state index in [0.717, 1.165) is 10.6 Å². The largest absolute Gasteiger partial charge is 0.295 e. The van der Waals surface area contributed by atoms with Gasteiger partial charge in [-0.1, -0.05) is 18.2 Å². The number of sulfonamides is 1. The second kappa shape index (κ2) is 5.98. The van der Waals surface area contributed by atoms with E-state index in [2.05, 4.69) is 14.9 Å². The van der Waals surface area contributed by atoms with Crippen LogP contribution in [0.5, 0.6) is 0 Å². The molecule has 0 fully saturated rings. The van der Waals surface area contributed by atoms with Gasteiger partial charge in [-0.25, -0.2) is 8.42 Å². The minimum Gasteiger partial charge on any atom is -0.295 e. The Bertz CT molecular complexity index is 927. The first kappa shape index (κ1) is 15.4. The number of nitrogens with zero attached hydrogens (tertiary/aromatic N) is 1. The second-order valence-electron chi connectivity index (χ2n) is 4.83. The zero-order chi connectivity index (χ0) is 16.4. The van der Waals surface area contributed by atoms with Gasteiger partial charge in [0.1, 0.15) is 0 Å². The highest BCUT2D eigenvalue weighted by atomic mass is 32.2. The Hall–Kier alpha value is -2.45. The number of carbonyl (C=O) groups is 1. The van der Waals surface area contributed by atoms with Gasteiger partial charge in [0.05, 0.1) is 15.5 Å². The molecule has 0 radical (unpaired) electrons. The topological polar surface area (TPSA) is 91.9 Å². The lowest BCUT2D eigenvalue weighted by molar-refractivity contribution is 0.101. The molecule has 2 aromatic heterocycles. The van der Waals surface area contributed by atoms with Crippen LogP contribution in [0.25, 0.3) is 10.6 Å².